The number of piperidine rings is 1. The number of hydrogen-bond acceptors (Lipinski definition) is 6. The summed E-state index contributed by atoms with van der Waals surface area (Å²) in [4.78, 5) is 26.5. The molecule has 1 aliphatic rings. The van der Waals surface area contributed by atoms with Crippen LogP contribution >= 0.6 is 0 Å². The van der Waals surface area contributed by atoms with Crippen LogP contribution in [0.3, 0.4) is 0 Å². The zero-order chi connectivity index (χ0) is 18.4. The van der Waals surface area contributed by atoms with Gasteiger partial charge in [-0.05, 0) is 38.3 Å². The minimum absolute atomic E-state index is 0.176. The summed E-state index contributed by atoms with van der Waals surface area (Å²) in [7, 11) is 4.37. The molecule has 0 saturated carbocycles. The van der Waals surface area contributed by atoms with E-state index in [1.807, 2.05) is 6.92 Å². The van der Waals surface area contributed by atoms with Crippen molar-refractivity contribution >= 4 is 11.9 Å². The van der Waals surface area contributed by atoms with Crippen LogP contribution < -0.4 is 14.2 Å². The molecule has 7 heteroatoms. The molecule has 1 aromatic rings. The number of carbonyl (C=O) groups excluding carboxylic acids is 2. The molecule has 1 aliphatic heterocycles. The Hall–Kier alpha value is -2.44. The highest BCUT2D eigenvalue weighted by Crippen LogP contribution is 2.39. The predicted molar refractivity (Wildman–Crippen MR) is 91.4 cm³/mol. The molecule has 1 atom stereocenters. The molecule has 1 unspecified atom stereocenters. The van der Waals surface area contributed by atoms with Crippen molar-refractivity contribution in [2.45, 2.75) is 32.2 Å². The molecule has 0 aromatic heterocycles. The van der Waals surface area contributed by atoms with Crippen LogP contribution in [-0.4, -0.2) is 57.3 Å². The maximum atomic E-state index is 12.4. The van der Waals surface area contributed by atoms with Crippen LogP contribution in [0.5, 0.6) is 17.2 Å². The van der Waals surface area contributed by atoms with Crippen molar-refractivity contribution in [1.29, 1.82) is 0 Å². The number of methoxy groups -OCH3 is 3. The molecular weight excluding hydrogens is 326 g/mol. The van der Waals surface area contributed by atoms with E-state index in [1.54, 1.807) is 11.0 Å². The lowest BCUT2D eigenvalue weighted by Crippen LogP contribution is -2.44. The van der Waals surface area contributed by atoms with Crippen LogP contribution in [-0.2, 0) is 9.53 Å². The summed E-state index contributed by atoms with van der Waals surface area (Å²) in [6.07, 6.45) is 3.07. The van der Waals surface area contributed by atoms with E-state index in [-0.39, 0.29) is 29.9 Å². The number of carbonyl (C=O) groups is 2. The van der Waals surface area contributed by atoms with Crippen molar-refractivity contribution in [2.24, 2.45) is 0 Å². The first-order valence-corrected chi connectivity index (χ1v) is 8.29. The van der Waals surface area contributed by atoms with Gasteiger partial charge in [0.2, 0.25) is 5.75 Å². The summed E-state index contributed by atoms with van der Waals surface area (Å²) >= 11 is 0. The van der Waals surface area contributed by atoms with Gasteiger partial charge < -0.3 is 23.8 Å². The number of rotatable bonds is 6. The molecule has 25 heavy (non-hydrogen) atoms. The second-order valence-electron chi connectivity index (χ2n) is 5.89. The van der Waals surface area contributed by atoms with Gasteiger partial charge in [0.15, 0.2) is 18.1 Å². The molecule has 0 spiro atoms. The first-order chi connectivity index (χ1) is 12.0. The van der Waals surface area contributed by atoms with Gasteiger partial charge in [-0.3, -0.25) is 4.79 Å². The largest absolute Gasteiger partial charge is 0.493 e. The molecule has 1 saturated heterocycles. The van der Waals surface area contributed by atoms with Gasteiger partial charge in [0.05, 0.1) is 21.3 Å². The van der Waals surface area contributed by atoms with Crippen LogP contribution in [0.4, 0.5) is 0 Å². The smallest absolute Gasteiger partial charge is 0.342 e. The maximum Gasteiger partial charge on any atom is 0.342 e. The second-order valence-corrected chi connectivity index (χ2v) is 5.89. The number of likely N-dealkylation sites (tertiary alicyclic amines) is 1. The summed E-state index contributed by atoms with van der Waals surface area (Å²) < 4.78 is 20.9. The van der Waals surface area contributed by atoms with E-state index >= 15 is 0 Å². The number of nitrogens with zero attached hydrogens (tertiary/aromatic N) is 1. The van der Waals surface area contributed by atoms with Crippen molar-refractivity contribution < 1.29 is 28.5 Å². The van der Waals surface area contributed by atoms with E-state index < -0.39 is 5.97 Å². The number of esters is 1. The highest BCUT2D eigenvalue weighted by molar-refractivity contribution is 5.95. The van der Waals surface area contributed by atoms with Crippen molar-refractivity contribution in [3.63, 3.8) is 0 Å². The topological polar surface area (TPSA) is 74.3 Å². The third-order valence-corrected chi connectivity index (χ3v) is 4.37. The maximum absolute atomic E-state index is 12.4. The van der Waals surface area contributed by atoms with Crippen molar-refractivity contribution in [1.82, 2.24) is 4.90 Å². The van der Waals surface area contributed by atoms with Gasteiger partial charge >= 0.3 is 5.97 Å². The Morgan fingerprint density at radius 3 is 2.40 bits per heavy atom. The minimum atomic E-state index is -0.643. The average Bonchev–Trinajstić information content (AvgIpc) is 2.64. The lowest BCUT2D eigenvalue weighted by molar-refractivity contribution is -0.137. The first-order valence-electron chi connectivity index (χ1n) is 8.29. The summed E-state index contributed by atoms with van der Waals surface area (Å²) in [5.41, 5.74) is 0.180. The molecule has 2 rings (SSSR count). The molecule has 0 N–H and O–H groups in total. The van der Waals surface area contributed by atoms with E-state index in [2.05, 4.69) is 0 Å². The number of ether oxygens (including phenoxy) is 4. The van der Waals surface area contributed by atoms with E-state index in [0.717, 1.165) is 19.3 Å². The Bertz CT molecular complexity index is 630. The van der Waals surface area contributed by atoms with Crippen molar-refractivity contribution in [3.05, 3.63) is 17.7 Å². The van der Waals surface area contributed by atoms with Crippen LogP contribution in [0.2, 0.25) is 0 Å². The Balaban J connectivity index is 2.09. The van der Waals surface area contributed by atoms with Crippen LogP contribution in [0, 0.1) is 0 Å². The third kappa shape index (κ3) is 4.15. The number of hydrogen-bond donors (Lipinski definition) is 0. The van der Waals surface area contributed by atoms with Gasteiger partial charge in [-0.1, -0.05) is 0 Å². The summed E-state index contributed by atoms with van der Waals surface area (Å²) in [5, 5.41) is 0. The number of benzene rings is 1. The van der Waals surface area contributed by atoms with Crippen LogP contribution in [0.15, 0.2) is 12.1 Å². The predicted octanol–water partition coefficient (Wildman–Crippen LogP) is 2.27. The molecule has 138 valence electrons. The van der Waals surface area contributed by atoms with E-state index in [9.17, 15) is 9.59 Å². The van der Waals surface area contributed by atoms with Crippen molar-refractivity contribution in [2.75, 3.05) is 34.5 Å². The van der Waals surface area contributed by atoms with Gasteiger partial charge in [-0.25, -0.2) is 4.79 Å². The van der Waals surface area contributed by atoms with Crippen LogP contribution in [0.1, 0.15) is 36.5 Å². The highest BCUT2D eigenvalue weighted by atomic mass is 16.5. The van der Waals surface area contributed by atoms with Gasteiger partial charge in [0, 0.05) is 12.6 Å². The summed E-state index contributed by atoms with van der Waals surface area (Å²) in [6.45, 7) is 2.42. The molecular formula is C18H25NO6. The standard InChI is InChI=1S/C18H25NO6/c1-12-7-5-6-10-19(12)15(20)11-25-18(21)13-8-9-14(22-2)17(24-4)16(13)23-3/h8-9,12H,5-7,10-11H2,1-4H3. The van der Waals surface area contributed by atoms with E-state index in [1.165, 1.54) is 27.4 Å². The normalized spacial score (nSPS) is 17.0. The highest BCUT2D eigenvalue weighted by Gasteiger charge is 2.26. The SMILES string of the molecule is COc1ccc(C(=O)OCC(=O)N2CCCCC2C)c(OC)c1OC. The monoisotopic (exact) mass is 351 g/mol. The van der Waals surface area contributed by atoms with E-state index in [4.69, 9.17) is 18.9 Å². The molecule has 0 aliphatic carbocycles. The minimum Gasteiger partial charge on any atom is -0.493 e. The molecule has 7 nitrogen and oxygen atoms in total. The van der Waals surface area contributed by atoms with Gasteiger partial charge in [-0.15, -0.1) is 0 Å². The third-order valence-electron chi connectivity index (χ3n) is 4.37. The molecule has 1 heterocycles. The Morgan fingerprint density at radius 2 is 1.80 bits per heavy atom. The Labute approximate surface area is 147 Å². The van der Waals surface area contributed by atoms with Gasteiger partial charge in [-0.2, -0.15) is 0 Å². The first kappa shape index (κ1) is 18.9. The van der Waals surface area contributed by atoms with Crippen LogP contribution in [0.25, 0.3) is 0 Å². The fourth-order valence-electron chi connectivity index (χ4n) is 3.02. The fourth-order valence-corrected chi connectivity index (χ4v) is 3.02. The van der Waals surface area contributed by atoms with Gasteiger partial charge in [0.25, 0.3) is 5.91 Å². The fraction of sp³-hybridized carbons (Fsp3) is 0.556. The lowest BCUT2D eigenvalue weighted by atomic mass is 10.0. The quantitative estimate of drug-likeness (QED) is 0.732. The zero-order valence-corrected chi connectivity index (χ0v) is 15.2. The molecule has 1 aromatic carbocycles. The summed E-state index contributed by atoms with van der Waals surface area (Å²) in [5.74, 6) is 0.131. The average molecular weight is 351 g/mol. The summed E-state index contributed by atoms with van der Waals surface area (Å²) in [6, 6.07) is 3.29. The van der Waals surface area contributed by atoms with E-state index in [0.29, 0.717) is 18.0 Å². The molecule has 1 fully saturated rings. The Kier molecular flexibility index (Phi) is 6.50. The molecule has 1 amide bonds. The number of amides is 1. The Morgan fingerprint density at radius 1 is 1.08 bits per heavy atom. The van der Waals surface area contributed by atoms with Gasteiger partial charge in [0.1, 0.15) is 5.56 Å². The molecule has 0 bridgehead atoms. The second kappa shape index (κ2) is 8.60. The zero-order valence-electron chi connectivity index (χ0n) is 15.2. The lowest BCUT2D eigenvalue weighted by Gasteiger charge is -2.33. The van der Waals surface area contributed by atoms with Crippen molar-refractivity contribution in [3.8, 4) is 17.2 Å². The molecule has 0 radical (unpaired) electrons.